The van der Waals surface area contributed by atoms with Crippen LogP contribution in [0.15, 0.2) is 35.6 Å². The highest BCUT2D eigenvalue weighted by Crippen LogP contribution is 2.35. The average molecular weight is 161 g/mol. The summed E-state index contributed by atoms with van der Waals surface area (Å²) in [6.45, 7) is 2.25. The lowest BCUT2D eigenvalue weighted by Gasteiger charge is -2.29. The highest BCUT2D eigenvalue weighted by molar-refractivity contribution is 5.35. The molecule has 64 valence electrons. The molecule has 0 aromatic carbocycles. The molecule has 0 radical (unpaired) electrons. The fraction of sp³-hybridized carbons (Fsp3) is 0.455. The van der Waals surface area contributed by atoms with Crippen LogP contribution in [0.25, 0.3) is 0 Å². The lowest BCUT2D eigenvalue weighted by Crippen LogP contribution is -2.20. The van der Waals surface area contributed by atoms with E-state index in [1.54, 1.807) is 0 Å². The van der Waals surface area contributed by atoms with Crippen LogP contribution in [-0.2, 0) is 0 Å². The second-order valence-electron chi connectivity index (χ2n) is 3.69. The van der Waals surface area contributed by atoms with Crippen LogP contribution in [0, 0.1) is 11.8 Å². The maximum absolute atomic E-state index is 5.91. The van der Waals surface area contributed by atoms with E-state index < -0.39 is 0 Å². The van der Waals surface area contributed by atoms with Crippen molar-refractivity contribution in [1.82, 2.24) is 0 Å². The number of rotatable bonds is 0. The summed E-state index contributed by atoms with van der Waals surface area (Å²) in [5.41, 5.74) is 8.36. The normalized spacial score (nSPS) is 33.8. The summed E-state index contributed by atoms with van der Waals surface area (Å²) in [7, 11) is 0. The third kappa shape index (κ3) is 1.09. The van der Waals surface area contributed by atoms with Gasteiger partial charge < -0.3 is 5.73 Å². The maximum atomic E-state index is 5.91. The summed E-state index contributed by atoms with van der Waals surface area (Å²) in [6, 6.07) is 0. The molecule has 0 amide bonds. The molecule has 0 fully saturated rings. The van der Waals surface area contributed by atoms with Gasteiger partial charge in [-0.2, -0.15) is 0 Å². The first-order chi connectivity index (χ1) is 5.79. The van der Waals surface area contributed by atoms with Crippen LogP contribution >= 0.6 is 0 Å². The van der Waals surface area contributed by atoms with Crippen LogP contribution in [0.4, 0.5) is 0 Å². The lowest BCUT2D eigenvalue weighted by atomic mass is 9.77. The molecule has 0 saturated carbocycles. The second-order valence-corrected chi connectivity index (χ2v) is 3.69. The molecule has 2 atom stereocenters. The minimum atomic E-state index is 0.587. The van der Waals surface area contributed by atoms with E-state index >= 15 is 0 Å². The van der Waals surface area contributed by atoms with Crippen LogP contribution in [0.3, 0.4) is 0 Å². The molecule has 1 heteroatoms. The number of hydrogen-bond acceptors (Lipinski definition) is 1. The van der Waals surface area contributed by atoms with Gasteiger partial charge in [-0.1, -0.05) is 25.2 Å². The van der Waals surface area contributed by atoms with Crippen molar-refractivity contribution in [2.24, 2.45) is 17.6 Å². The van der Waals surface area contributed by atoms with Gasteiger partial charge in [0.2, 0.25) is 0 Å². The smallest absolute Gasteiger partial charge is 0.0309 e. The third-order valence-electron chi connectivity index (χ3n) is 2.84. The molecule has 2 rings (SSSR count). The second kappa shape index (κ2) is 2.81. The maximum Gasteiger partial charge on any atom is 0.0309 e. The molecular formula is C11H15N. The summed E-state index contributed by atoms with van der Waals surface area (Å²) in [6.07, 6.45) is 11.2. The molecular weight excluding hydrogens is 146 g/mol. The summed E-state index contributed by atoms with van der Waals surface area (Å²) in [5.74, 6) is 1.22. The van der Waals surface area contributed by atoms with Crippen molar-refractivity contribution in [3.63, 3.8) is 0 Å². The van der Waals surface area contributed by atoms with Crippen molar-refractivity contribution in [2.75, 3.05) is 0 Å². The molecule has 0 spiro atoms. The third-order valence-corrected chi connectivity index (χ3v) is 2.84. The average Bonchev–Trinajstić information content (AvgIpc) is 2.12. The Morgan fingerprint density at radius 1 is 1.42 bits per heavy atom. The van der Waals surface area contributed by atoms with Gasteiger partial charge in [-0.3, -0.25) is 0 Å². The Balaban J connectivity index is 2.38. The van der Waals surface area contributed by atoms with Crippen molar-refractivity contribution in [3.8, 4) is 0 Å². The molecule has 2 aliphatic rings. The summed E-state index contributed by atoms with van der Waals surface area (Å²) < 4.78 is 0. The Bertz CT molecular complexity index is 271. The van der Waals surface area contributed by atoms with Gasteiger partial charge in [-0.05, 0) is 30.4 Å². The minimum Gasteiger partial charge on any atom is -0.399 e. The van der Waals surface area contributed by atoms with Gasteiger partial charge >= 0.3 is 0 Å². The van der Waals surface area contributed by atoms with E-state index in [1.165, 1.54) is 5.57 Å². The SMILES string of the molecule is CC1C=CC(N)=C2CCC=CC21. The van der Waals surface area contributed by atoms with Gasteiger partial charge in [0.1, 0.15) is 0 Å². The largest absolute Gasteiger partial charge is 0.399 e. The zero-order valence-electron chi connectivity index (χ0n) is 7.46. The highest BCUT2D eigenvalue weighted by Gasteiger charge is 2.23. The number of allylic oxidation sites excluding steroid dienone is 5. The fourth-order valence-corrected chi connectivity index (χ4v) is 2.08. The predicted octanol–water partition coefficient (Wildman–Crippen LogP) is 2.37. The molecule has 12 heavy (non-hydrogen) atoms. The van der Waals surface area contributed by atoms with Crippen LogP contribution in [-0.4, -0.2) is 0 Å². The molecule has 2 aliphatic carbocycles. The molecule has 1 nitrogen and oxygen atoms in total. The number of hydrogen-bond donors (Lipinski definition) is 1. The van der Waals surface area contributed by atoms with Crippen molar-refractivity contribution in [2.45, 2.75) is 19.8 Å². The van der Waals surface area contributed by atoms with Gasteiger partial charge in [-0.15, -0.1) is 0 Å². The molecule has 0 aromatic rings. The molecule has 2 N–H and O–H groups in total. The topological polar surface area (TPSA) is 26.0 Å². The summed E-state index contributed by atoms with van der Waals surface area (Å²) >= 11 is 0. The lowest BCUT2D eigenvalue weighted by molar-refractivity contribution is 0.534. The van der Waals surface area contributed by atoms with Gasteiger partial charge in [-0.25, -0.2) is 0 Å². The number of fused-ring (bicyclic) bond motifs is 1. The van der Waals surface area contributed by atoms with E-state index in [1.807, 2.05) is 0 Å². The van der Waals surface area contributed by atoms with Gasteiger partial charge in [0.05, 0.1) is 0 Å². The number of nitrogens with two attached hydrogens (primary N) is 1. The molecule has 2 unspecified atom stereocenters. The van der Waals surface area contributed by atoms with Crippen LogP contribution in [0.5, 0.6) is 0 Å². The first-order valence-corrected chi connectivity index (χ1v) is 4.62. The molecule has 0 bridgehead atoms. The van der Waals surface area contributed by atoms with E-state index in [4.69, 9.17) is 5.73 Å². The van der Waals surface area contributed by atoms with Crippen molar-refractivity contribution in [1.29, 1.82) is 0 Å². The Labute approximate surface area is 73.6 Å². The first kappa shape index (κ1) is 7.66. The van der Waals surface area contributed by atoms with Gasteiger partial charge in [0.15, 0.2) is 0 Å². The first-order valence-electron chi connectivity index (χ1n) is 4.62. The Morgan fingerprint density at radius 3 is 3.00 bits per heavy atom. The van der Waals surface area contributed by atoms with Crippen LogP contribution in [0.1, 0.15) is 19.8 Å². The van der Waals surface area contributed by atoms with E-state index in [-0.39, 0.29) is 0 Å². The molecule has 0 saturated heterocycles. The van der Waals surface area contributed by atoms with Gasteiger partial charge in [0, 0.05) is 11.6 Å². The Kier molecular flexibility index (Phi) is 1.80. The Hall–Kier alpha value is -0.980. The Morgan fingerprint density at radius 2 is 2.25 bits per heavy atom. The monoisotopic (exact) mass is 161 g/mol. The van der Waals surface area contributed by atoms with Crippen molar-refractivity contribution < 1.29 is 0 Å². The minimum absolute atomic E-state index is 0.587. The summed E-state index contributed by atoms with van der Waals surface area (Å²) in [4.78, 5) is 0. The fourth-order valence-electron chi connectivity index (χ4n) is 2.08. The zero-order chi connectivity index (χ0) is 8.55. The standard InChI is InChI=1S/C11H15N/c1-8-6-7-11(12)10-5-3-2-4-9(8)10/h2,4,6-9H,3,5,12H2,1H3. The van der Waals surface area contributed by atoms with E-state index in [0.717, 1.165) is 18.5 Å². The van der Waals surface area contributed by atoms with Gasteiger partial charge in [0.25, 0.3) is 0 Å². The zero-order valence-corrected chi connectivity index (χ0v) is 7.46. The predicted molar refractivity (Wildman–Crippen MR) is 51.4 cm³/mol. The quantitative estimate of drug-likeness (QED) is 0.542. The van der Waals surface area contributed by atoms with Crippen LogP contribution in [0.2, 0.25) is 0 Å². The molecule has 0 heterocycles. The van der Waals surface area contributed by atoms with Crippen LogP contribution < -0.4 is 5.73 Å². The van der Waals surface area contributed by atoms with Crippen molar-refractivity contribution >= 4 is 0 Å². The van der Waals surface area contributed by atoms with E-state index in [0.29, 0.717) is 11.8 Å². The molecule has 0 aromatic heterocycles. The van der Waals surface area contributed by atoms with Crippen molar-refractivity contribution in [3.05, 3.63) is 35.6 Å². The summed E-state index contributed by atoms with van der Waals surface area (Å²) in [5, 5.41) is 0. The highest BCUT2D eigenvalue weighted by atomic mass is 14.6. The van der Waals surface area contributed by atoms with E-state index in [9.17, 15) is 0 Å². The molecule has 0 aliphatic heterocycles. The van der Waals surface area contributed by atoms with E-state index in [2.05, 4.69) is 31.2 Å².